The van der Waals surface area contributed by atoms with Crippen LogP contribution in [0.1, 0.15) is 76.2 Å². The quantitative estimate of drug-likeness (QED) is 0.0422. The summed E-state index contributed by atoms with van der Waals surface area (Å²) in [4.78, 5) is 54.1. The molecule has 9 N–H and O–H groups in total. The van der Waals surface area contributed by atoms with Crippen LogP contribution >= 0.6 is 0 Å². The van der Waals surface area contributed by atoms with Gasteiger partial charge < -0.3 is 69.9 Å². The summed E-state index contributed by atoms with van der Waals surface area (Å²) < 4.78 is 30.7. The van der Waals surface area contributed by atoms with Crippen LogP contribution in [0.3, 0.4) is 0 Å². The van der Waals surface area contributed by atoms with Crippen molar-refractivity contribution in [3.63, 3.8) is 0 Å². The Morgan fingerprint density at radius 2 is 1.65 bits per heavy atom. The number of methoxy groups -OCH3 is 1. The lowest BCUT2D eigenvalue weighted by atomic mass is 9.78. The SMILES string of the molecule is CO[C@H]1/C=C/O[C@@]2(C)Oc3c(C)c(O)c4c(O)c(c(/C=N\N(C)c5ncnc6c5ncn6[C@@H]5O[C@H](CO)[C@@H](O)[C@H]5O)c(O)c4c3C2=O)NC(=O)/C(C)=C\C=C\[C@H](C)[C@H](O)[C@@H](C)[C@@H](O)[C@@H](C)[C@H](OC(C)=O)[C@@H]1C. The molecule has 72 heavy (non-hydrogen) atoms. The van der Waals surface area contributed by atoms with Gasteiger partial charge in [0, 0.05) is 68.2 Å². The lowest BCUT2D eigenvalue weighted by Crippen LogP contribution is -2.46. The molecule has 5 bridgehead atoms. The number of hydrazone groups is 1. The highest BCUT2D eigenvalue weighted by molar-refractivity contribution is 6.24. The number of carbonyl (C=O) groups excluding carboxylic acids is 3. The average Bonchev–Trinajstić information content (AvgIpc) is 3.99. The molecule has 23 heteroatoms. The second-order valence-electron chi connectivity index (χ2n) is 18.6. The van der Waals surface area contributed by atoms with Crippen LogP contribution in [-0.2, 0) is 28.5 Å². The fourth-order valence-electron chi connectivity index (χ4n) is 9.44. The molecule has 1 amide bonds. The van der Waals surface area contributed by atoms with E-state index in [0.717, 1.165) is 12.5 Å². The molecule has 4 aliphatic heterocycles. The number of aromatic nitrogens is 4. The van der Waals surface area contributed by atoms with E-state index in [9.17, 15) is 55.2 Å². The number of fused-ring (bicyclic) bond motifs is 15. The molecule has 0 saturated carbocycles. The average molecular weight is 1000 g/mol. The largest absolute Gasteiger partial charge is 0.507 e. The number of nitrogens with zero attached hydrogens (tertiary/aromatic N) is 6. The van der Waals surface area contributed by atoms with E-state index in [1.807, 2.05) is 0 Å². The normalized spacial score (nSPS) is 32.1. The number of ketones is 1. The third-order valence-corrected chi connectivity index (χ3v) is 13.8. The fraction of sp³-hybridized carbons (Fsp3) is 0.490. The molecule has 2 aromatic carbocycles. The van der Waals surface area contributed by atoms with Gasteiger partial charge in [0.25, 0.3) is 11.7 Å². The number of rotatable bonds is 7. The molecular weight excluding hydrogens is 943 g/mol. The Morgan fingerprint density at radius 1 is 0.944 bits per heavy atom. The lowest BCUT2D eigenvalue weighted by Gasteiger charge is -2.38. The van der Waals surface area contributed by atoms with Crippen LogP contribution < -0.4 is 15.1 Å². The molecule has 0 unspecified atom stereocenters. The summed E-state index contributed by atoms with van der Waals surface area (Å²) in [6.07, 6.45) is 1.46. The van der Waals surface area contributed by atoms with Gasteiger partial charge in [0.15, 0.2) is 29.0 Å². The van der Waals surface area contributed by atoms with Crippen molar-refractivity contribution in [3.8, 4) is 23.0 Å². The van der Waals surface area contributed by atoms with Crippen LogP contribution in [0.15, 0.2) is 53.9 Å². The first-order valence-corrected chi connectivity index (χ1v) is 23.1. The van der Waals surface area contributed by atoms with E-state index in [1.54, 1.807) is 33.8 Å². The fourth-order valence-corrected chi connectivity index (χ4v) is 9.44. The van der Waals surface area contributed by atoms with Crippen molar-refractivity contribution in [1.82, 2.24) is 19.5 Å². The molecule has 13 atom stereocenters. The molecule has 0 radical (unpaired) electrons. The number of imidazole rings is 1. The number of esters is 1. The van der Waals surface area contributed by atoms with Crippen molar-refractivity contribution in [2.24, 2.45) is 28.8 Å². The molecule has 1 fully saturated rings. The molecule has 1 saturated heterocycles. The maximum absolute atomic E-state index is 14.7. The van der Waals surface area contributed by atoms with E-state index >= 15 is 0 Å². The standard InChI is InChI=1S/C49H61N7O16/c1-20-12-11-13-21(2)47(67)54-33-27(16-53-55(9)45-34-46(51-18-50-45)56(19-52-34)48-41(65)39(63)29(17-57)71-48)38(62)30-31(40(33)64)37(61)25(6)43-32(30)44(66)49(8,72-43)69-15-14-28(68-10)22(3)42(70-26(7)58)24(5)36(60)23(4)35(20)59/h11-16,18-20,22-24,28-29,35-36,39,41-42,48,57,59-65H,17H2,1-10H3,(H,54,67)/b12-11+,15-14+,21-13-,53-16-/t20-,22+,23+,24+,28-,29+,35-,36+,39+,41+,42+,48+,49-/m0/s1. The van der Waals surface area contributed by atoms with E-state index in [4.69, 9.17) is 23.7 Å². The highest BCUT2D eigenvalue weighted by Gasteiger charge is 2.50. The predicted octanol–water partition coefficient (Wildman–Crippen LogP) is 2.98. The van der Waals surface area contributed by atoms with Crippen LogP contribution in [0.25, 0.3) is 21.9 Å². The van der Waals surface area contributed by atoms with Crippen LogP contribution in [0.5, 0.6) is 23.0 Å². The Labute approximate surface area is 413 Å². The smallest absolute Gasteiger partial charge is 0.312 e. The summed E-state index contributed by atoms with van der Waals surface area (Å²) in [5.74, 6) is -9.40. The summed E-state index contributed by atoms with van der Waals surface area (Å²) >= 11 is 0. The Bertz CT molecular complexity index is 2880. The highest BCUT2D eigenvalue weighted by Crippen LogP contribution is 2.55. The zero-order valence-electron chi connectivity index (χ0n) is 41.3. The number of allylic oxidation sites excluding steroid dienone is 2. The van der Waals surface area contributed by atoms with E-state index in [2.05, 4.69) is 25.4 Å². The summed E-state index contributed by atoms with van der Waals surface area (Å²) in [6, 6.07) is 0. The summed E-state index contributed by atoms with van der Waals surface area (Å²) in [5.41, 5.74) is -0.784. The number of benzene rings is 2. The minimum Gasteiger partial charge on any atom is -0.507 e. The second kappa shape index (κ2) is 20.8. The van der Waals surface area contributed by atoms with E-state index in [0.29, 0.717) is 0 Å². The van der Waals surface area contributed by atoms with Crippen LogP contribution in [0.4, 0.5) is 11.5 Å². The molecule has 4 aromatic rings. The molecular formula is C49H61N7O16. The zero-order valence-corrected chi connectivity index (χ0v) is 41.3. The molecule has 2 aromatic heterocycles. The van der Waals surface area contributed by atoms with Crippen molar-refractivity contribution in [2.75, 3.05) is 31.1 Å². The van der Waals surface area contributed by atoms with Crippen molar-refractivity contribution in [2.45, 2.75) is 110 Å². The number of hydrogen-bond acceptors (Lipinski definition) is 21. The number of aromatic hydroxyl groups is 3. The number of aliphatic hydroxyl groups is 5. The first kappa shape index (κ1) is 53.1. The second-order valence-corrected chi connectivity index (χ2v) is 18.6. The molecule has 388 valence electrons. The number of aliphatic hydroxyl groups excluding tert-OH is 5. The van der Waals surface area contributed by atoms with Gasteiger partial charge in [-0.3, -0.25) is 19.0 Å². The van der Waals surface area contributed by atoms with E-state index < -0.39 is 131 Å². The van der Waals surface area contributed by atoms with Gasteiger partial charge in [-0.05, 0) is 19.9 Å². The van der Waals surface area contributed by atoms with E-state index in [-0.39, 0.29) is 50.4 Å². The first-order valence-electron chi connectivity index (χ1n) is 23.1. The van der Waals surface area contributed by atoms with Gasteiger partial charge in [0.1, 0.15) is 48.0 Å². The van der Waals surface area contributed by atoms with Crippen molar-refractivity contribution in [3.05, 3.63) is 65.5 Å². The Hall–Kier alpha value is -6.73. The Morgan fingerprint density at radius 3 is 2.31 bits per heavy atom. The van der Waals surface area contributed by atoms with Gasteiger partial charge in [-0.25, -0.2) is 20.0 Å². The molecule has 0 aliphatic carbocycles. The van der Waals surface area contributed by atoms with Gasteiger partial charge >= 0.3 is 11.8 Å². The minimum atomic E-state index is -2.15. The lowest BCUT2D eigenvalue weighted by molar-refractivity contribution is -0.160. The zero-order chi connectivity index (χ0) is 52.8. The van der Waals surface area contributed by atoms with E-state index in [1.165, 1.54) is 82.3 Å². The summed E-state index contributed by atoms with van der Waals surface area (Å²) in [6.45, 7) is 11.6. The number of nitrogens with one attached hydrogen (secondary N) is 1. The third kappa shape index (κ3) is 9.43. The van der Waals surface area contributed by atoms with Crippen LogP contribution in [0, 0.1) is 30.6 Å². The van der Waals surface area contributed by atoms with Gasteiger partial charge in [0.05, 0.1) is 65.9 Å². The molecule has 6 heterocycles. The number of phenols is 3. The Kier molecular flexibility index (Phi) is 15.3. The topological polar surface area (TPSA) is 330 Å². The predicted molar refractivity (Wildman–Crippen MR) is 258 cm³/mol. The number of amides is 1. The molecule has 23 nitrogen and oxygen atoms in total. The Balaban J connectivity index is 1.37. The van der Waals surface area contributed by atoms with Gasteiger partial charge in [0.2, 0.25) is 0 Å². The number of hydrogen-bond donors (Lipinski definition) is 9. The molecule has 0 spiro atoms. The van der Waals surface area contributed by atoms with Crippen LogP contribution in [0.2, 0.25) is 0 Å². The number of ether oxygens (including phenoxy) is 5. The maximum atomic E-state index is 14.7. The first-order chi connectivity index (χ1) is 34.0. The maximum Gasteiger partial charge on any atom is 0.312 e. The number of Topliss-reactive ketones (excluding diaryl/α,β-unsaturated/α-hetero) is 1. The number of carbonyl (C=O) groups is 3. The highest BCUT2D eigenvalue weighted by atomic mass is 16.7. The summed E-state index contributed by atoms with van der Waals surface area (Å²) in [5, 5.41) is 97.5. The third-order valence-electron chi connectivity index (χ3n) is 13.8. The van der Waals surface area contributed by atoms with Gasteiger partial charge in [-0.2, -0.15) is 5.10 Å². The molecule has 4 aliphatic rings. The van der Waals surface area contributed by atoms with Crippen molar-refractivity contribution in [1.29, 1.82) is 0 Å². The summed E-state index contributed by atoms with van der Waals surface area (Å²) in [7, 11) is 2.86. The number of anilines is 2. The van der Waals surface area contributed by atoms with Gasteiger partial charge in [-0.1, -0.05) is 45.9 Å². The monoisotopic (exact) mass is 1000 g/mol. The minimum absolute atomic E-state index is 0.0307. The van der Waals surface area contributed by atoms with Crippen LogP contribution in [-0.4, -0.2) is 154 Å². The van der Waals surface area contributed by atoms with Crippen molar-refractivity contribution < 1.29 is 78.9 Å². The van der Waals surface area contributed by atoms with Gasteiger partial charge in [-0.15, -0.1) is 0 Å². The number of phenolic OH excluding ortho intramolecular Hbond substituents is 3. The molecule has 8 rings (SSSR count). The van der Waals surface area contributed by atoms with Crippen molar-refractivity contribution >= 4 is 57.3 Å².